The van der Waals surface area contributed by atoms with Crippen LogP contribution in [-0.4, -0.2) is 74.3 Å². The zero-order chi connectivity index (χ0) is 59.3. The van der Waals surface area contributed by atoms with Crippen molar-refractivity contribution in [1.29, 1.82) is 0 Å². The van der Waals surface area contributed by atoms with Gasteiger partial charge in [-0.3, -0.25) is 18.6 Å². The Hall–Kier alpha value is -3.33. The van der Waals surface area contributed by atoms with E-state index < -0.39 is 20.0 Å². The minimum absolute atomic E-state index is 0.0226. The quantitative estimate of drug-likeness (QED) is 0.0205. The van der Waals surface area contributed by atoms with E-state index in [-0.39, 0.29) is 37.9 Å². The lowest BCUT2D eigenvalue weighted by Gasteiger charge is -2.27. The van der Waals surface area contributed by atoms with Crippen LogP contribution in [0.4, 0.5) is 0 Å². The van der Waals surface area contributed by atoms with Crippen molar-refractivity contribution in [3.63, 3.8) is 0 Å². The van der Waals surface area contributed by atoms with Crippen LogP contribution in [0.15, 0.2) is 109 Å². The SMILES string of the molecule is CC/C=C/C/C=C/C/C=C/C/C=C/C/C=C/CCC(=O)NC(COP(=O)(O)OCC[N+](C)(C)C)C(/C=C\CCCCCCCCCCCC)OC(=O)CCCCCCCCCCCCCCCC/C=C\C/C=C\C/C=C\CCCCC. The van der Waals surface area contributed by atoms with Gasteiger partial charge in [0.2, 0.25) is 5.91 Å². The molecule has 0 bridgehead atoms. The van der Waals surface area contributed by atoms with Gasteiger partial charge in [-0.05, 0) is 102 Å². The first-order valence-corrected chi connectivity index (χ1v) is 34.7. The number of carbonyl (C=O) groups is 2. The summed E-state index contributed by atoms with van der Waals surface area (Å²) < 4.78 is 30.7. The van der Waals surface area contributed by atoms with Gasteiger partial charge in [0, 0.05) is 12.8 Å². The number of ether oxygens (including phenoxy) is 1. The van der Waals surface area contributed by atoms with Gasteiger partial charge >= 0.3 is 13.8 Å². The van der Waals surface area contributed by atoms with Crippen LogP contribution in [0.1, 0.15) is 278 Å². The van der Waals surface area contributed by atoms with Gasteiger partial charge in [0.15, 0.2) is 0 Å². The molecule has 0 aromatic rings. The lowest BCUT2D eigenvalue weighted by molar-refractivity contribution is -0.870. The molecule has 0 saturated heterocycles. The number of rotatable bonds is 59. The van der Waals surface area contributed by atoms with Crippen LogP contribution in [-0.2, 0) is 27.9 Å². The van der Waals surface area contributed by atoms with Gasteiger partial charge in [-0.2, -0.15) is 0 Å². The molecule has 0 heterocycles. The number of hydrogen-bond donors (Lipinski definition) is 2. The van der Waals surface area contributed by atoms with Crippen LogP contribution in [0.5, 0.6) is 0 Å². The Morgan fingerprint density at radius 3 is 1.23 bits per heavy atom. The Labute approximate surface area is 500 Å². The zero-order valence-corrected chi connectivity index (χ0v) is 54.1. The molecule has 0 fully saturated rings. The lowest BCUT2D eigenvalue weighted by Crippen LogP contribution is -2.47. The second-order valence-electron chi connectivity index (χ2n) is 23.3. The first-order chi connectivity index (χ1) is 39.4. The van der Waals surface area contributed by atoms with Crippen molar-refractivity contribution in [2.24, 2.45) is 0 Å². The molecule has 0 radical (unpaired) electrons. The predicted octanol–water partition coefficient (Wildman–Crippen LogP) is 20.9. The number of phosphoric ester groups is 1. The molecule has 10 heteroatoms. The first-order valence-electron chi connectivity index (χ1n) is 33.2. The molecule has 2 N–H and O–H groups in total. The first kappa shape index (κ1) is 77.7. The number of carbonyl (C=O) groups excluding carboxylic acids is 2. The molecule has 3 atom stereocenters. The fraction of sp³-hybridized carbons (Fsp3) is 0.718. The molecule has 0 aromatic heterocycles. The summed E-state index contributed by atoms with van der Waals surface area (Å²) in [4.78, 5) is 37.7. The molecule has 466 valence electrons. The molecule has 0 aliphatic carbocycles. The van der Waals surface area contributed by atoms with Crippen molar-refractivity contribution in [2.75, 3.05) is 40.9 Å². The van der Waals surface area contributed by atoms with Crippen molar-refractivity contribution >= 4 is 19.7 Å². The highest BCUT2D eigenvalue weighted by atomic mass is 31.2. The Morgan fingerprint density at radius 2 is 0.802 bits per heavy atom. The van der Waals surface area contributed by atoms with Crippen molar-refractivity contribution in [2.45, 2.75) is 290 Å². The van der Waals surface area contributed by atoms with Crippen molar-refractivity contribution in [3.8, 4) is 0 Å². The van der Waals surface area contributed by atoms with Crippen LogP contribution in [0.3, 0.4) is 0 Å². The van der Waals surface area contributed by atoms with Gasteiger partial charge in [-0.15, -0.1) is 0 Å². The average molecular weight is 1150 g/mol. The molecule has 0 aliphatic rings. The molecule has 0 spiro atoms. The number of hydrogen-bond acceptors (Lipinski definition) is 6. The molecule has 81 heavy (non-hydrogen) atoms. The molecular formula is C71H126N2O7P+. The van der Waals surface area contributed by atoms with Crippen LogP contribution >= 0.6 is 7.82 Å². The van der Waals surface area contributed by atoms with Crippen molar-refractivity contribution in [3.05, 3.63) is 109 Å². The Kier molecular flexibility index (Phi) is 57.4. The number of esters is 1. The van der Waals surface area contributed by atoms with Crippen molar-refractivity contribution in [1.82, 2.24) is 5.32 Å². The largest absolute Gasteiger partial charge is 0.472 e. The highest BCUT2D eigenvalue weighted by Crippen LogP contribution is 2.43. The topological polar surface area (TPSA) is 111 Å². The molecule has 3 unspecified atom stereocenters. The second-order valence-corrected chi connectivity index (χ2v) is 24.7. The smallest absolute Gasteiger partial charge is 0.456 e. The lowest BCUT2D eigenvalue weighted by atomic mass is 10.0. The van der Waals surface area contributed by atoms with E-state index in [9.17, 15) is 19.0 Å². The maximum absolute atomic E-state index is 13.5. The summed E-state index contributed by atoms with van der Waals surface area (Å²) >= 11 is 0. The van der Waals surface area contributed by atoms with Crippen molar-refractivity contribution < 1.29 is 37.3 Å². The molecular weight excluding hydrogens is 1020 g/mol. The summed E-state index contributed by atoms with van der Waals surface area (Å²) in [6.45, 7) is 6.81. The highest BCUT2D eigenvalue weighted by Gasteiger charge is 2.30. The van der Waals surface area contributed by atoms with Gasteiger partial charge in [-0.1, -0.05) is 272 Å². The van der Waals surface area contributed by atoms with Gasteiger partial charge < -0.3 is 19.4 Å². The van der Waals surface area contributed by atoms with E-state index >= 15 is 0 Å². The molecule has 0 saturated carbocycles. The van der Waals surface area contributed by atoms with E-state index in [1.54, 1.807) is 0 Å². The summed E-state index contributed by atoms with van der Waals surface area (Å²) in [7, 11) is 1.44. The monoisotopic (exact) mass is 1150 g/mol. The maximum Gasteiger partial charge on any atom is 0.472 e. The normalized spacial score (nSPS) is 14.3. The Morgan fingerprint density at radius 1 is 0.444 bits per heavy atom. The van der Waals surface area contributed by atoms with Gasteiger partial charge in [0.25, 0.3) is 0 Å². The van der Waals surface area contributed by atoms with Crippen LogP contribution in [0, 0.1) is 0 Å². The minimum atomic E-state index is -4.48. The summed E-state index contributed by atoms with van der Waals surface area (Å²) in [6.07, 6.45) is 82.6. The number of phosphoric acid groups is 1. The van der Waals surface area contributed by atoms with Gasteiger partial charge in [0.1, 0.15) is 19.3 Å². The fourth-order valence-electron chi connectivity index (χ4n) is 9.11. The Bertz CT molecular complexity index is 1750. The van der Waals surface area contributed by atoms with E-state index in [2.05, 4.69) is 117 Å². The number of unbranched alkanes of at least 4 members (excludes halogenated alkanes) is 27. The fourth-order valence-corrected chi connectivity index (χ4v) is 9.85. The van der Waals surface area contributed by atoms with E-state index in [0.717, 1.165) is 83.5 Å². The standard InChI is InChI=1S/C71H125N2O7P/c1-7-10-13-16-19-22-25-28-30-32-33-34-35-36-37-38-39-40-41-42-44-46-49-52-55-58-61-64-71(75)80-69(62-59-56-53-50-47-27-24-21-18-15-12-9-3)68(67-79-81(76,77)78-66-65-73(4,5)6)72-70(74)63-60-57-54-51-48-45-43-31-29-26-23-20-17-14-11-8-2/h11,14,19-20,22-23,28-31,33-34,45,48,54,57,59,62,68-69H,7-10,12-13,15-18,21,24-27,32,35-44,46-47,49-53,55-56,58,60-61,63-67H2,1-6H3,(H-,72,74,76,77)/p+1/b14-11+,22-19-,23-20+,30-28-,31-29+,34-33-,48-45+,57-54+,62-59-. The van der Waals surface area contributed by atoms with E-state index in [1.807, 2.05) is 39.4 Å². The summed E-state index contributed by atoms with van der Waals surface area (Å²) in [5.41, 5.74) is 0. The number of nitrogens with zero attached hydrogens (tertiary/aromatic N) is 1. The molecule has 0 aliphatic heterocycles. The van der Waals surface area contributed by atoms with E-state index in [4.69, 9.17) is 13.8 Å². The predicted molar refractivity (Wildman–Crippen MR) is 350 cm³/mol. The van der Waals surface area contributed by atoms with Crippen LogP contribution < -0.4 is 5.32 Å². The second kappa shape index (κ2) is 59.8. The number of quaternary nitrogens is 1. The third kappa shape index (κ3) is 61.1. The third-order valence-corrected chi connectivity index (χ3v) is 15.2. The highest BCUT2D eigenvalue weighted by molar-refractivity contribution is 7.47. The molecule has 9 nitrogen and oxygen atoms in total. The average Bonchev–Trinajstić information content (AvgIpc) is 3.44. The third-order valence-electron chi connectivity index (χ3n) is 14.2. The zero-order valence-electron chi connectivity index (χ0n) is 53.2. The summed E-state index contributed by atoms with van der Waals surface area (Å²) in [5.74, 6) is -0.603. The van der Waals surface area contributed by atoms with E-state index in [1.165, 1.54) is 154 Å². The maximum atomic E-state index is 13.5. The Balaban J connectivity index is 5.14. The number of amides is 1. The summed E-state index contributed by atoms with van der Waals surface area (Å²) in [5, 5.41) is 3.01. The number of allylic oxidation sites excluding steroid dienone is 17. The number of nitrogens with one attached hydrogen (secondary N) is 1. The van der Waals surface area contributed by atoms with Gasteiger partial charge in [-0.25, -0.2) is 4.57 Å². The van der Waals surface area contributed by atoms with Crippen LogP contribution in [0.25, 0.3) is 0 Å². The number of likely N-dealkylation sites (N-methyl/N-ethyl adjacent to an activating group) is 1. The molecule has 0 aromatic carbocycles. The molecule has 0 rings (SSSR count). The van der Waals surface area contributed by atoms with Gasteiger partial charge in [0.05, 0.1) is 33.8 Å². The van der Waals surface area contributed by atoms with E-state index in [0.29, 0.717) is 17.4 Å². The minimum Gasteiger partial charge on any atom is -0.456 e. The summed E-state index contributed by atoms with van der Waals surface area (Å²) in [6, 6.07) is -0.894. The van der Waals surface area contributed by atoms with Crippen LogP contribution in [0.2, 0.25) is 0 Å². The molecule has 1 amide bonds.